The van der Waals surface area contributed by atoms with E-state index in [1.165, 1.54) is 10.4 Å². The maximum absolute atomic E-state index is 13.2. The van der Waals surface area contributed by atoms with Gasteiger partial charge in [-0.1, -0.05) is 12.1 Å². The number of nitrogens with zero attached hydrogens (tertiary/aromatic N) is 1. The lowest BCUT2D eigenvalue weighted by Crippen LogP contribution is -2.30. The fraction of sp³-hybridized carbons (Fsp3) is 0.200. The first-order chi connectivity index (χ1) is 9.86. The number of anilines is 2. The van der Waals surface area contributed by atoms with E-state index in [9.17, 15) is 12.8 Å². The fourth-order valence-electron chi connectivity index (χ4n) is 2.08. The molecule has 0 unspecified atom stereocenters. The van der Waals surface area contributed by atoms with E-state index in [4.69, 9.17) is 5.73 Å². The lowest BCUT2D eigenvalue weighted by Gasteiger charge is -2.23. The van der Waals surface area contributed by atoms with Crippen LogP contribution in [0.5, 0.6) is 0 Å². The van der Waals surface area contributed by atoms with Crippen LogP contribution in [0.3, 0.4) is 0 Å². The zero-order chi connectivity index (χ0) is 15.6. The van der Waals surface area contributed by atoms with Crippen molar-refractivity contribution < 1.29 is 12.8 Å². The minimum Gasteiger partial charge on any atom is -0.396 e. The topological polar surface area (TPSA) is 63.4 Å². The molecule has 0 aliphatic rings. The highest BCUT2D eigenvalue weighted by Crippen LogP contribution is 2.26. The van der Waals surface area contributed by atoms with E-state index >= 15 is 0 Å². The summed E-state index contributed by atoms with van der Waals surface area (Å²) >= 11 is 0. The van der Waals surface area contributed by atoms with Gasteiger partial charge in [-0.3, -0.25) is 4.31 Å². The monoisotopic (exact) mass is 308 g/mol. The molecule has 2 N–H and O–H groups in total. The van der Waals surface area contributed by atoms with Crippen LogP contribution < -0.4 is 10.0 Å². The molecule has 0 aliphatic carbocycles. The Labute approximate surface area is 124 Å². The molecule has 4 nitrogen and oxygen atoms in total. The number of hydrogen-bond acceptors (Lipinski definition) is 3. The lowest BCUT2D eigenvalue weighted by atomic mass is 10.2. The molecular formula is C15H17FN2O2S. The Hall–Kier alpha value is -2.08. The van der Waals surface area contributed by atoms with Crippen molar-refractivity contribution in [3.63, 3.8) is 0 Å². The summed E-state index contributed by atoms with van der Waals surface area (Å²) in [6.07, 6.45) is 0. The zero-order valence-corrected chi connectivity index (χ0v) is 12.7. The van der Waals surface area contributed by atoms with Gasteiger partial charge in [0.25, 0.3) is 10.0 Å². The summed E-state index contributed by atoms with van der Waals surface area (Å²) in [7, 11) is -3.77. The molecule has 112 valence electrons. The number of hydrogen-bond donors (Lipinski definition) is 1. The van der Waals surface area contributed by atoms with Crippen molar-refractivity contribution in [1.82, 2.24) is 0 Å². The van der Waals surface area contributed by atoms with E-state index in [0.29, 0.717) is 5.69 Å². The largest absolute Gasteiger partial charge is 0.396 e. The first-order valence-corrected chi connectivity index (χ1v) is 7.94. The van der Waals surface area contributed by atoms with Gasteiger partial charge in [0.1, 0.15) is 5.82 Å². The molecule has 0 radical (unpaired) electrons. The van der Waals surface area contributed by atoms with Gasteiger partial charge in [0, 0.05) is 6.54 Å². The summed E-state index contributed by atoms with van der Waals surface area (Å²) in [4.78, 5) is -0.0234. The molecule has 0 saturated carbocycles. The average molecular weight is 308 g/mol. The van der Waals surface area contributed by atoms with Crippen molar-refractivity contribution >= 4 is 21.4 Å². The zero-order valence-electron chi connectivity index (χ0n) is 11.9. The number of rotatable bonds is 4. The predicted molar refractivity (Wildman–Crippen MR) is 82.2 cm³/mol. The Morgan fingerprint density at radius 3 is 2.48 bits per heavy atom. The van der Waals surface area contributed by atoms with Crippen molar-refractivity contribution in [2.24, 2.45) is 0 Å². The van der Waals surface area contributed by atoms with Crippen molar-refractivity contribution in [3.8, 4) is 0 Å². The summed E-state index contributed by atoms with van der Waals surface area (Å²) in [5.74, 6) is -0.632. The van der Waals surface area contributed by atoms with Gasteiger partial charge in [0.2, 0.25) is 0 Å². The minimum absolute atomic E-state index is 0.0234. The van der Waals surface area contributed by atoms with E-state index < -0.39 is 15.8 Å². The van der Waals surface area contributed by atoms with Crippen LogP contribution in [0, 0.1) is 12.7 Å². The number of benzene rings is 2. The van der Waals surface area contributed by atoms with Crippen molar-refractivity contribution in [2.45, 2.75) is 18.7 Å². The van der Waals surface area contributed by atoms with Crippen LogP contribution in [-0.4, -0.2) is 15.0 Å². The molecule has 0 aliphatic heterocycles. The average Bonchev–Trinajstić information content (AvgIpc) is 2.42. The lowest BCUT2D eigenvalue weighted by molar-refractivity contribution is 0.591. The third-order valence-electron chi connectivity index (χ3n) is 3.13. The van der Waals surface area contributed by atoms with Gasteiger partial charge in [-0.25, -0.2) is 12.8 Å². The first-order valence-electron chi connectivity index (χ1n) is 6.50. The number of nitrogen functional groups attached to an aromatic ring is 1. The second-order valence-electron chi connectivity index (χ2n) is 4.69. The van der Waals surface area contributed by atoms with Crippen LogP contribution in [0.15, 0.2) is 47.4 Å². The normalized spacial score (nSPS) is 11.4. The van der Waals surface area contributed by atoms with Gasteiger partial charge >= 0.3 is 0 Å². The molecule has 0 fully saturated rings. The van der Waals surface area contributed by atoms with Crippen LogP contribution in [0.2, 0.25) is 0 Å². The Morgan fingerprint density at radius 2 is 1.90 bits per heavy atom. The van der Waals surface area contributed by atoms with E-state index in [1.54, 1.807) is 25.1 Å². The Balaban J connectivity index is 2.51. The van der Waals surface area contributed by atoms with E-state index in [2.05, 4.69) is 0 Å². The number of halogens is 1. The summed E-state index contributed by atoms with van der Waals surface area (Å²) in [5.41, 5.74) is 6.81. The minimum atomic E-state index is -3.77. The number of sulfonamides is 1. The maximum atomic E-state index is 13.2. The highest BCUT2D eigenvalue weighted by Gasteiger charge is 2.24. The highest BCUT2D eigenvalue weighted by molar-refractivity contribution is 7.92. The predicted octanol–water partition coefficient (Wildman–Crippen LogP) is 2.93. The molecule has 6 heteroatoms. The van der Waals surface area contributed by atoms with Crippen molar-refractivity contribution in [2.75, 3.05) is 16.6 Å². The van der Waals surface area contributed by atoms with E-state index in [-0.39, 0.29) is 17.1 Å². The van der Waals surface area contributed by atoms with E-state index in [0.717, 1.165) is 17.7 Å². The van der Waals surface area contributed by atoms with Crippen LogP contribution >= 0.6 is 0 Å². The third-order valence-corrected chi connectivity index (χ3v) is 5.03. The molecule has 0 bridgehead atoms. The summed E-state index contributed by atoms with van der Waals surface area (Å²) in [6, 6.07) is 10.6. The van der Waals surface area contributed by atoms with Gasteiger partial charge in [-0.2, -0.15) is 0 Å². The van der Waals surface area contributed by atoms with Gasteiger partial charge in [-0.15, -0.1) is 0 Å². The molecule has 2 aromatic rings. The first kappa shape index (κ1) is 15.3. The summed E-state index contributed by atoms with van der Waals surface area (Å²) < 4.78 is 39.9. The highest BCUT2D eigenvalue weighted by atomic mass is 32.2. The summed E-state index contributed by atoms with van der Waals surface area (Å²) in [6.45, 7) is 3.90. The standard InChI is InChI=1S/C15H17FN2O2S/c1-3-18(12-6-4-5-11(2)9-12)21(19,20)13-7-8-14(16)15(17)10-13/h4-10H,3,17H2,1-2H3. The number of nitrogens with two attached hydrogens (primary N) is 1. The second-order valence-corrected chi connectivity index (χ2v) is 6.55. The van der Waals surface area contributed by atoms with Crippen LogP contribution in [0.4, 0.5) is 15.8 Å². The quantitative estimate of drug-likeness (QED) is 0.883. The maximum Gasteiger partial charge on any atom is 0.264 e. The smallest absolute Gasteiger partial charge is 0.264 e. The molecule has 0 amide bonds. The Bertz CT molecular complexity index is 760. The Kier molecular flexibility index (Phi) is 4.18. The van der Waals surface area contributed by atoms with Crippen LogP contribution in [0.1, 0.15) is 12.5 Å². The SMILES string of the molecule is CCN(c1cccc(C)c1)S(=O)(=O)c1ccc(F)c(N)c1. The third kappa shape index (κ3) is 3.00. The van der Waals surface area contributed by atoms with Crippen LogP contribution in [-0.2, 0) is 10.0 Å². The van der Waals surface area contributed by atoms with Gasteiger partial charge in [0.15, 0.2) is 0 Å². The molecule has 2 aromatic carbocycles. The van der Waals surface area contributed by atoms with Crippen LogP contribution in [0.25, 0.3) is 0 Å². The fourth-order valence-corrected chi connectivity index (χ4v) is 3.59. The van der Waals surface area contributed by atoms with E-state index in [1.807, 2.05) is 13.0 Å². The summed E-state index contributed by atoms with van der Waals surface area (Å²) in [5, 5.41) is 0. The molecule has 21 heavy (non-hydrogen) atoms. The molecule has 2 rings (SSSR count). The van der Waals surface area contributed by atoms with Crippen molar-refractivity contribution in [1.29, 1.82) is 0 Å². The molecule has 0 atom stereocenters. The van der Waals surface area contributed by atoms with Gasteiger partial charge < -0.3 is 5.73 Å². The van der Waals surface area contributed by atoms with Crippen molar-refractivity contribution in [3.05, 3.63) is 53.8 Å². The van der Waals surface area contributed by atoms with Gasteiger partial charge in [-0.05, 0) is 49.7 Å². The molecule has 0 spiro atoms. The Morgan fingerprint density at radius 1 is 1.19 bits per heavy atom. The molecule has 0 aromatic heterocycles. The molecule has 0 heterocycles. The van der Waals surface area contributed by atoms with Gasteiger partial charge in [0.05, 0.1) is 16.3 Å². The number of aryl methyl sites for hydroxylation is 1. The molecule has 0 saturated heterocycles. The second kappa shape index (κ2) is 5.73. The molecular weight excluding hydrogens is 291 g/mol.